The van der Waals surface area contributed by atoms with Gasteiger partial charge in [0.1, 0.15) is 18.4 Å². The maximum atomic E-state index is 12.4. The van der Waals surface area contributed by atoms with Crippen LogP contribution in [0.4, 0.5) is 0 Å². The Labute approximate surface area is 223 Å². The van der Waals surface area contributed by atoms with Gasteiger partial charge in [0.25, 0.3) is 11.8 Å². The summed E-state index contributed by atoms with van der Waals surface area (Å²) in [7, 11) is 0. The second kappa shape index (κ2) is 12.4. The topological polar surface area (TPSA) is 79.8 Å². The highest BCUT2D eigenvalue weighted by atomic mass is 79.9. The molecule has 0 saturated heterocycles. The van der Waals surface area contributed by atoms with Crippen LogP contribution in [0.1, 0.15) is 28.4 Å². The molecule has 0 aliphatic heterocycles. The summed E-state index contributed by atoms with van der Waals surface area (Å²) in [6.07, 6.45) is 1.46. The molecule has 0 spiro atoms. The van der Waals surface area contributed by atoms with Crippen molar-refractivity contribution in [2.75, 3.05) is 0 Å². The monoisotopic (exact) mass is 625 g/mol. The second-order valence-electron chi connectivity index (χ2n) is 7.12. The van der Waals surface area contributed by atoms with E-state index in [1.54, 1.807) is 61.5 Å². The molecule has 3 rings (SSSR count). The third-order valence-corrected chi connectivity index (χ3v) is 6.38. The van der Waals surface area contributed by atoms with E-state index in [4.69, 9.17) is 27.9 Å². The highest BCUT2D eigenvalue weighted by Crippen LogP contribution is 2.26. The van der Waals surface area contributed by atoms with Crippen LogP contribution in [0.2, 0.25) is 10.0 Å². The Balaban J connectivity index is 1.62. The van der Waals surface area contributed by atoms with Gasteiger partial charge in [-0.1, -0.05) is 57.3 Å². The predicted octanol–water partition coefficient (Wildman–Crippen LogP) is 6.37. The molecular formula is C24H19Br2Cl2N3O3. The fraction of sp³-hybridized carbons (Fsp3) is 0.125. The van der Waals surface area contributed by atoms with E-state index < -0.39 is 11.9 Å². The van der Waals surface area contributed by atoms with E-state index in [9.17, 15) is 9.59 Å². The summed E-state index contributed by atoms with van der Waals surface area (Å²) in [5, 5.41) is 7.71. The maximum absolute atomic E-state index is 12.4. The van der Waals surface area contributed by atoms with E-state index in [0.29, 0.717) is 31.4 Å². The first-order valence-corrected chi connectivity index (χ1v) is 12.3. The minimum absolute atomic E-state index is 0.225. The van der Waals surface area contributed by atoms with Crippen LogP contribution in [0.25, 0.3) is 0 Å². The number of carbonyl (C=O) groups is 2. The number of carbonyl (C=O) groups excluding carboxylic acids is 2. The molecule has 0 saturated carbocycles. The summed E-state index contributed by atoms with van der Waals surface area (Å²) in [6.45, 7) is 1.80. The Morgan fingerprint density at radius 3 is 2.59 bits per heavy atom. The molecule has 1 atom stereocenters. The Bertz CT molecular complexity index is 1240. The zero-order valence-corrected chi connectivity index (χ0v) is 22.5. The van der Waals surface area contributed by atoms with Crippen molar-refractivity contribution in [1.82, 2.24) is 10.7 Å². The maximum Gasteiger partial charge on any atom is 0.262 e. The molecule has 6 nitrogen and oxygen atoms in total. The summed E-state index contributed by atoms with van der Waals surface area (Å²) >= 11 is 18.9. The molecule has 0 fully saturated rings. The van der Waals surface area contributed by atoms with Crippen LogP contribution in [0.15, 0.2) is 74.7 Å². The van der Waals surface area contributed by atoms with Gasteiger partial charge in [-0.2, -0.15) is 5.10 Å². The van der Waals surface area contributed by atoms with Gasteiger partial charge in [-0.25, -0.2) is 5.43 Å². The number of hydrazone groups is 1. The lowest BCUT2D eigenvalue weighted by Crippen LogP contribution is -2.43. The number of rotatable bonds is 8. The van der Waals surface area contributed by atoms with Gasteiger partial charge in [-0.05, 0) is 65.3 Å². The average Bonchev–Trinajstić information content (AvgIpc) is 2.79. The van der Waals surface area contributed by atoms with Crippen molar-refractivity contribution in [2.45, 2.75) is 19.6 Å². The smallest absolute Gasteiger partial charge is 0.262 e. The molecule has 10 heteroatoms. The number of halogens is 4. The molecule has 3 aromatic carbocycles. The zero-order valence-electron chi connectivity index (χ0n) is 17.8. The first kappa shape index (κ1) is 26.2. The summed E-state index contributed by atoms with van der Waals surface area (Å²) in [5.41, 5.74) is 4.28. The molecule has 2 amide bonds. The number of ether oxygens (including phenoxy) is 1. The van der Waals surface area contributed by atoms with Crippen LogP contribution in [0.3, 0.4) is 0 Å². The van der Waals surface area contributed by atoms with Gasteiger partial charge in [0.15, 0.2) is 0 Å². The summed E-state index contributed by atoms with van der Waals surface area (Å²) in [6, 6.07) is 16.7. The summed E-state index contributed by atoms with van der Waals surface area (Å²) in [4.78, 5) is 24.8. The van der Waals surface area contributed by atoms with Crippen molar-refractivity contribution < 1.29 is 14.3 Å². The third kappa shape index (κ3) is 7.30. The summed E-state index contributed by atoms with van der Waals surface area (Å²) in [5.74, 6) is -0.299. The van der Waals surface area contributed by atoms with E-state index in [2.05, 4.69) is 47.7 Å². The minimum Gasteiger partial charge on any atom is -0.488 e. The average molecular weight is 628 g/mol. The number of nitrogens with zero attached hydrogens (tertiary/aromatic N) is 1. The number of hydrogen-bond acceptors (Lipinski definition) is 4. The van der Waals surface area contributed by atoms with Crippen molar-refractivity contribution in [3.63, 3.8) is 0 Å². The minimum atomic E-state index is -0.804. The molecule has 2 N–H and O–H groups in total. The highest BCUT2D eigenvalue weighted by Gasteiger charge is 2.17. The van der Waals surface area contributed by atoms with Crippen LogP contribution in [0, 0.1) is 0 Å². The molecule has 0 heterocycles. The van der Waals surface area contributed by atoms with Crippen molar-refractivity contribution in [1.29, 1.82) is 0 Å². The number of nitrogens with one attached hydrogen (secondary N) is 2. The van der Waals surface area contributed by atoms with Crippen molar-refractivity contribution in [3.8, 4) is 5.75 Å². The molecule has 34 heavy (non-hydrogen) atoms. The van der Waals surface area contributed by atoms with Crippen LogP contribution >= 0.6 is 55.1 Å². The zero-order chi connectivity index (χ0) is 24.7. The molecule has 1 unspecified atom stereocenters. The Morgan fingerprint density at radius 2 is 1.85 bits per heavy atom. The van der Waals surface area contributed by atoms with Gasteiger partial charge in [-0.3, -0.25) is 9.59 Å². The van der Waals surface area contributed by atoms with Crippen LogP contribution in [-0.2, 0) is 11.4 Å². The fourth-order valence-corrected chi connectivity index (χ4v) is 4.10. The molecule has 3 aromatic rings. The molecule has 0 aliphatic rings. The van der Waals surface area contributed by atoms with Gasteiger partial charge in [0, 0.05) is 30.1 Å². The number of hydrogen-bond donors (Lipinski definition) is 2. The Hall–Kier alpha value is -2.39. The fourth-order valence-electron chi connectivity index (χ4n) is 2.79. The molecule has 0 radical (unpaired) electrons. The summed E-state index contributed by atoms with van der Waals surface area (Å²) < 4.78 is 7.35. The quantitative estimate of drug-likeness (QED) is 0.225. The lowest BCUT2D eigenvalue weighted by molar-refractivity contribution is -0.122. The molecule has 0 aliphatic carbocycles. The van der Waals surface area contributed by atoms with Gasteiger partial charge in [-0.15, -0.1) is 0 Å². The highest BCUT2D eigenvalue weighted by molar-refractivity contribution is 9.10. The van der Waals surface area contributed by atoms with Crippen LogP contribution in [0.5, 0.6) is 5.75 Å². The molecular weight excluding hydrogens is 609 g/mol. The Morgan fingerprint density at radius 1 is 1.09 bits per heavy atom. The van der Waals surface area contributed by atoms with E-state index in [0.717, 1.165) is 10.0 Å². The molecule has 0 aromatic heterocycles. The van der Waals surface area contributed by atoms with Gasteiger partial charge >= 0.3 is 0 Å². The molecule has 176 valence electrons. The van der Waals surface area contributed by atoms with Crippen LogP contribution < -0.4 is 15.5 Å². The normalized spacial score (nSPS) is 11.8. The van der Waals surface area contributed by atoms with E-state index in [1.165, 1.54) is 6.21 Å². The van der Waals surface area contributed by atoms with Gasteiger partial charge < -0.3 is 10.1 Å². The van der Waals surface area contributed by atoms with Crippen molar-refractivity contribution in [3.05, 3.63) is 96.3 Å². The van der Waals surface area contributed by atoms with Gasteiger partial charge in [0.2, 0.25) is 0 Å². The first-order valence-electron chi connectivity index (χ1n) is 9.99. The third-order valence-electron chi connectivity index (χ3n) is 4.61. The Kier molecular flexibility index (Phi) is 9.53. The number of benzene rings is 3. The second-order valence-corrected chi connectivity index (χ2v) is 9.73. The molecule has 0 bridgehead atoms. The van der Waals surface area contributed by atoms with E-state index in [1.807, 2.05) is 6.07 Å². The SMILES string of the molecule is CC(NC(=O)c1ccccc1Br)C(=O)NN=Cc1cc(Br)ccc1OCc1ccc(Cl)cc1Cl. The predicted molar refractivity (Wildman–Crippen MR) is 142 cm³/mol. The lowest BCUT2D eigenvalue weighted by Gasteiger charge is -2.13. The van der Waals surface area contributed by atoms with Crippen LogP contribution in [-0.4, -0.2) is 24.1 Å². The van der Waals surface area contributed by atoms with Gasteiger partial charge in [0.05, 0.1) is 11.8 Å². The van der Waals surface area contributed by atoms with Crippen molar-refractivity contribution in [2.24, 2.45) is 5.10 Å². The lowest BCUT2D eigenvalue weighted by atomic mass is 10.2. The standard InChI is InChI=1S/C24H19Br2Cl2N3O3/c1-14(30-24(33)19-4-2-3-5-20(19)26)23(32)31-29-12-16-10-17(25)7-9-22(16)34-13-15-6-8-18(27)11-21(15)28/h2-12,14H,13H2,1H3,(H,30,33)(H,31,32). The number of amides is 2. The first-order chi connectivity index (χ1) is 16.2. The van der Waals surface area contributed by atoms with Crippen molar-refractivity contribution >= 4 is 73.1 Å². The largest absolute Gasteiger partial charge is 0.488 e. The van der Waals surface area contributed by atoms with E-state index in [-0.39, 0.29) is 12.5 Å². The van der Waals surface area contributed by atoms with E-state index >= 15 is 0 Å².